The van der Waals surface area contributed by atoms with Crippen molar-refractivity contribution in [3.8, 4) is 0 Å². The summed E-state index contributed by atoms with van der Waals surface area (Å²) in [7, 11) is 0. The maximum absolute atomic E-state index is 12.7. The molecule has 6 heteroatoms. The fourth-order valence-electron chi connectivity index (χ4n) is 4.01. The van der Waals surface area contributed by atoms with Gasteiger partial charge in [0.1, 0.15) is 11.5 Å². The highest BCUT2D eigenvalue weighted by Crippen LogP contribution is 2.33. The maximum Gasteiger partial charge on any atom is 0.318 e. The lowest BCUT2D eigenvalue weighted by Gasteiger charge is -2.24. The van der Waals surface area contributed by atoms with Gasteiger partial charge in [-0.3, -0.25) is 4.79 Å². The van der Waals surface area contributed by atoms with E-state index in [1.807, 2.05) is 43.3 Å². The Labute approximate surface area is 159 Å². The summed E-state index contributed by atoms with van der Waals surface area (Å²) in [5.74, 6) is 1.69. The molecule has 0 bridgehead atoms. The van der Waals surface area contributed by atoms with Gasteiger partial charge in [0.15, 0.2) is 0 Å². The molecule has 1 aromatic carbocycles. The van der Waals surface area contributed by atoms with E-state index in [2.05, 4.69) is 5.32 Å². The van der Waals surface area contributed by atoms with Gasteiger partial charge in [-0.25, -0.2) is 4.79 Å². The van der Waals surface area contributed by atoms with Gasteiger partial charge in [0, 0.05) is 25.2 Å². The van der Waals surface area contributed by atoms with Crippen LogP contribution < -0.4 is 10.2 Å². The standard InChI is InChI=1S/C21H25N3O3/c1-2-16-9-10-19(27-16)18-8-5-12-24(18)21(26)22-14-20(25)23-13-11-15-6-3-4-7-17(15)23/h3-4,6-7,9-10,18H,2,5,8,11-14H2,1H3,(H,22,26). The van der Waals surface area contributed by atoms with E-state index in [1.165, 1.54) is 5.56 Å². The van der Waals surface area contributed by atoms with Crippen LogP contribution in [-0.4, -0.2) is 36.5 Å². The van der Waals surface area contributed by atoms with Gasteiger partial charge in [0.25, 0.3) is 0 Å². The summed E-state index contributed by atoms with van der Waals surface area (Å²) in [4.78, 5) is 28.8. The van der Waals surface area contributed by atoms with Gasteiger partial charge in [0.2, 0.25) is 5.91 Å². The molecule has 1 N–H and O–H groups in total. The van der Waals surface area contributed by atoms with Crippen LogP contribution in [0.3, 0.4) is 0 Å². The third-order valence-electron chi connectivity index (χ3n) is 5.45. The van der Waals surface area contributed by atoms with Gasteiger partial charge >= 0.3 is 6.03 Å². The number of fused-ring (bicyclic) bond motifs is 1. The first-order chi connectivity index (χ1) is 13.2. The number of para-hydroxylation sites is 1. The highest BCUT2D eigenvalue weighted by atomic mass is 16.3. The van der Waals surface area contributed by atoms with Crippen LogP contribution in [0, 0.1) is 0 Å². The molecule has 2 aliphatic rings. The molecule has 1 atom stereocenters. The third-order valence-corrected chi connectivity index (χ3v) is 5.45. The van der Waals surface area contributed by atoms with E-state index in [-0.39, 0.29) is 24.5 Å². The summed E-state index contributed by atoms with van der Waals surface area (Å²) in [6, 6.07) is 11.6. The third kappa shape index (κ3) is 3.44. The SMILES string of the molecule is CCc1ccc(C2CCCN2C(=O)NCC(=O)N2CCc3ccccc32)o1. The molecule has 3 amide bonds. The lowest BCUT2D eigenvalue weighted by molar-refractivity contribution is -0.117. The number of hydrogen-bond acceptors (Lipinski definition) is 3. The second-order valence-corrected chi connectivity index (χ2v) is 7.09. The Kier molecular flexibility index (Phi) is 4.88. The average molecular weight is 367 g/mol. The van der Waals surface area contributed by atoms with Crippen molar-refractivity contribution in [2.45, 2.75) is 38.6 Å². The zero-order valence-electron chi connectivity index (χ0n) is 15.6. The minimum Gasteiger partial charge on any atom is -0.464 e. The summed E-state index contributed by atoms with van der Waals surface area (Å²) in [5, 5.41) is 2.81. The molecule has 0 saturated carbocycles. The fraction of sp³-hybridized carbons (Fsp3) is 0.429. The number of carbonyl (C=O) groups is 2. The number of aryl methyl sites for hydroxylation is 1. The number of likely N-dealkylation sites (tertiary alicyclic amines) is 1. The lowest BCUT2D eigenvalue weighted by atomic mass is 10.2. The van der Waals surface area contributed by atoms with Crippen LogP contribution in [0.15, 0.2) is 40.8 Å². The molecule has 1 saturated heterocycles. The predicted octanol–water partition coefficient (Wildman–Crippen LogP) is 3.28. The second kappa shape index (κ2) is 7.47. The van der Waals surface area contributed by atoms with Crippen LogP contribution in [0.4, 0.5) is 10.5 Å². The molecule has 1 aromatic heterocycles. The van der Waals surface area contributed by atoms with Crippen LogP contribution >= 0.6 is 0 Å². The van der Waals surface area contributed by atoms with Crippen molar-refractivity contribution in [1.82, 2.24) is 10.2 Å². The quantitative estimate of drug-likeness (QED) is 0.902. The Balaban J connectivity index is 1.37. The highest BCUT2D eigenvalue weighted by molar-refractivity contribution is 5.98. The topological polar surface area (TPSA) is 65.8 Å². The largest absolute Gasteiger partial charge is 0.464 e. The summed E-state index contributed by atoms with van der Waals surface area (Å²) in [6.45, 7) is 3.41. The van der Waals surface area contributed by atoms with Crippen LogP contribution in [0.25, 0.3) is 0 Å². The van der Waals surface area contributed by atoms with Crippen LogP contribution in [0.1, 0.15) is 42.9 Å². The first-order valence-electron chi connectivity index (χ1n) is 9.68. The van der Waals surface area contributed by atoms with Crippen LogP contribution in [0.5, 0.6) is 0 Å². The Morgan fingerprint density at radius 3 is 2.85 bits per heavy atom. The number of hydrogen-bond donors (Lipinski definition) is 1. The zero-order chi connectivity index (χ0) is 18.8. The molecule has 3 heterocycles. The number of nitrogens with one attached hydrogen (secondary N) is 1. The van der Waals surface area contributed by atoms with E-state index in [4.69, 9.17) is 4.42 Å². The second-order valence-electron chi connectivity index (χ2n) is 7.09. The highest BCUT2D eigenvalue weighted by Gasteiger charge is 2.33. The van der Waals surface area contributed by atoms with E-state index < -0.39 is 0 Å². The Bertz CT molecular complexity index is 845. The monoisotopic (exact) mass is 367 g/mol. The molecule has 0 aliphatic carbocycles. The number of anilines is 1. The zero-order valence-corrected chi connectivity index (χ0v) is 15.6. The van der Waals surface area contributed by atoms with Crippen LogP contribution in [0.2, 0.25) is 0 Å². The molecule has 1 fully saturated rings. The maximum atomic E-state index is 12.7. The van der Waals surface area contributed by atoms with Gasteiger partial charge in [-0.15, -0.1) is 0 Å². The Morgan fingerprint density at radius 2 is 2.04 bits per heavy atom. The lowest BCUT2D eigenvalue weighted by Crippen LogP contribution is -2.45. The molecule has 4 rings (SSSR count). The first-order valence-corrected chi connectivity index (χ1v) is 9.68. The number of rotatable bonds is 4. The molecule has 2 aromatic rings. The van der Waals surface area contributed by atoms with Crippen molar-refractivity contribution in [3.63, 3.8) is 0 Å². The number of urea groups is 1. The minimum atomic E-state index is -0.201. The smallest absolute Gasteiger partial charge is 0.318 e. The molecule has 6 nitrogen and oxygen atoms in total. The van der Waals surface area contributed by atoms with E-state index in [1.54, 1.807) is 9.80 Å². The summed E-state index contributed by atoms with van der Waals surface area (Å²) in [6.07, 6.45) is 3.53. The number of carbonyl (C=O) groups excluding carboxylic acids is 2. The number of nitrogens with zero attached hydrogens (tertiary/aromatic N) is 2. The Morgan fingerprint density at radius 1 is 1.19 bits per heavy atom. The molecule has 2 aliphatic heterocycles. The fourth-order valence-corrected chi connectivity index (χ4v) is 4.01. The molecule has 1 unspecified atom stereocenters. The summed E-state index contributed by atoms with van der Waals surface area (Å²) < 4.78 is 5.85. The van der Waals surface area contributed by atoms with Gasteiger partial charge in [-0.1, -0.05) is 25.1 Å². The number of furan rings is 1. The molecular weight excluding hydrogens is 342 g/mol. The summed E-state index contributed by atoms with van der Waals surface area (Å²) in [5.41, 5.74) is 2.14. The minimum absolute atomic E-state index is 0.00868. The van der Waals surface area contributed by atoms with Crippen LogP contribution in [-0.2, 0) is 17.6 Å². The van der Waals surface area contributed by atoms with Crippen molar-refractivity contribution in [2.75, 3.05) is 24.5 Å². The van der Waals surface area contributed by atoms with Crippen molar-refractivity contribution in [3.05, 3.63) is 53.5 Å². The van der Waals surface area contributed by atoms with Crippen molar-refractivity contribution in [2.24, 2.45) is 0 Å². The van der Waals surface area contributed by atoms with Gasteiger partial charge in [-0.2, -0.15) is 0 Å². The van der Waals surface area contributed by atoms with Crippen molar-refractivity contribution < 1.29 is 14.0 Å². The first kappa shape index (κ1) is 17.6. The number of benzene rings is 1. The van der Waals surface area contributed by atoms with Gasteiger partial charge < -0.3 is 19.5 Å². The average Bonchev–Trinajstić information content (AvgIpc) is 3.43. The molecule has 142 valence electrons. The Hall–Kier alpha value is -2.76. The van der Waals surface area contributed by atoms with E-state index in [0.717, 1.165) is 42.9 Å². The van der Waals surface area contributed by atoms with Gasteiger partial charge in [-0.05, 0) is 43.0 Å². The van der Waals surface area contributed by atoms with E-state index >= 15 is 0 Å². The molecule has 0 spiro atoms. The van der Waals surface area contributed by atoms with E-state index in [0.29, 0.717) is 13.1 Å². The van der Waals surface area contributed by atoms with Gasteiger partial charge in [0.05, 0.1) is 12.6 Å². The molecular formula is C21H25N3O3. The van der Waals surface area contributed by atoms with Crippen molar-refractivity contribution >= 4 is 17.6 Å². The van der Waals surface area contributed by atoms with Crippen molar-refractivity contribution in [1.29, 1.82) is 0 Å². The van der Waals surface area contributed by atoms with E-state index in [9.17, 15) is 9.59 Å². The normalized spacial score (nSPS) is 18.6. The number of amides is 3. The molecule has 0 radical (unpaired) electrons. The molecule has 27 heavy (non-hydrogen) atoms. The predicted molar refractivity (Wildman–Crippen MR) is 103 cm³/mol. The summed E-state index contributed by atoms with van der Waals surface area (Å²) >= 11 is 0.